The van der Waals surface area contributed by atoms with Crippen LogP contribution in [0.25, 0.3) is 0 Å². The van der Waals surface area contributed by atoms with Gasteiger partial charge in [-0.1, -0.05) is 35.0 Å². The van der Waals surface area contributed by atoms with Gasteiger partial charge in [0.05, 0.1) is 12.7 Å². The van der Waals surface area contributed by atoms with Gasteiger partial charge in [-0.05, 0) is 24.3 Å². The van der Waals surface area contributed by atoms with Crippen LogP contribution in [0, 0.1) is 5.92 Å². The molecule has 3 atom stereocenters. The number of fused-ring (bicyclic) bond motifs is 1. The second kappa shape index (κ2) is 5.54. The number of benzene rings is 1. The van der Waals surface area contributed by atoms with Gasteiger partial charge in [0.1, 0.15) is 5.75 Å². The summed E-state index contributed by atoms with van der Waals surface area (Å²) in [6, 6.07) is 11.6. The first-order valence-electron chi connectivity index (χ1n) is 6.68. The zero-order valence-electron chi connectivity index (χ0n) is 11.2. The molecule has 1 unspecified atom stereocenters. The molecular formula is C16H16BrNO2. The van der Waals surface area contributed by atoms with Gasteiger partial charge in [-0.15, -0.1) is 0 Å². The second-order valence-corrected chi connectivity index (χ2v) is 6.06. The molecule has 1 aliphatic rings. The lowest BCUT2D eigenvalue weighted by Gasteiger charge is -2.34. The number of nitrogens with zero attached hydrogens (tertiary/aromatic N) is 1. The van der Waals surface area contributed by atoms with Crippen molar-refractivity contribution in [3.8, 4) is 5.75 Å². The molecule has 0 aliphatic carbocycles. The molecule has 0 amide bonds. The van der Waals surface area contributed by atoms with Gasteiger partial charge < -0.3 is 9.84 Å². The van der Waals surface area contributed by atoms with Gasteiger partial charge >= 0.3 is 0 Å². The summed E-state index contributed by atoms with van der Waals surface area (Å²) in [4.78, 5) is 4.38. The molecule has 1 aromatic heterocycles. The molecule has 1 aliphatic heterocycles. The molecule has 2 heterocycles. The molecule has 0 radical (unpaired) electrons. The Morgan fingerprint density at radius 3 is 2.95 bits per heavy atom. The summed E-state index contributed by atoms with van der Waals surface area (Å²) in [6.07, 6.45) is 1.26. The van der Waals surface area contributed by atoms with Crippen molar-refractivity contribution >= 4 is 15.9 Å². The van der Waals surface area contributed by atoms with Crippen molar-refractivity contribution in [3.63, 3.8) is 0 Å². The van der Waals surface area contributed by atoms with Crippen molar-refractivity contribution < 1.29 is 9.84 Å². The topological polar surface area (TPSA) is 42.4 Å². The van der Waals surface area contributed by atoms with Gasteiger partial charge in [-0.25, -0.2) is 0 Å². The fraction of sp³-hybridized carbons (Fsp3) is 0.312. The molecule has 3 rings (SSSR count). The lowest BCUT2D eigenvalue weighted by atomic mass is 9.82. The summed E-state index contributed by atoms with van der Waals surface area (Å²) >= 11 is 3.42. The molecule has 0 saturated carbocycles. The van der Waals surface area contributed by atoms with Crippen LogP contribution in [0.4, 0.5) is 0 Å². The maximum Gasteiger partial charge on any atom is 0.126 e. The average molecular weight is 334 g/mol. The zero-order chi connectivity index (χ0) is 14.1. The molecule has 0 saturated heterocycles. The molecule has 4 heteroatoms. The number of aliphatic hydroxyl groups is 1. The van der Waals surface area contributed by atoms with Crippen LogP contribution in [0.5, 0.6) is 5.75 Å². The third-order valence-electron chi connectivity index (χ3n) is 3.93. The largest absolute Gasteiger partial charge is 0.493 e. The number of halogens is 1. The standard InChI is InChI=1S/C16H16BrNO2/c1-10(14-4-2-3-7-18-14)13-9-20-15-8-11(17)5-6-12(15)16(13)19/h2-8,10,13,16,19H,9H2,1H3/t10?,13-,16+/m0/s1. The van der Waals surface area contributed by atoms with Crippen LogP contribution >= 0.6 is 15.9 Å². The maximum atomic E-state index is 10.6. The predicted molar refractivity (Wildman–Crippen MR) is 80.7 cm³/mol. The summed E-state index contributed by atoms with van der Waals surface area (Å²) in [5.74, 6) is 0.915. The first-order valence-corrected chi connectivity index (χ1v) is 7.47. The molecule has 104 valence electrons. The smallest absolute Gasteiger partial charge is 0.126 e. The van der Waals surface area contributed by atoms with Crippen LogP contribution in [-0.4, -0.2) is 16.7 Å². The number of aliphatic hydroxyl groups excluding tert-OH is 1. The van der Waals surface area contributed by atoms with E-state index >= 15 is 0 Å². The molecule has 2 aromatic rings. The highest BCUT2D eigenvalue weighted by Gasteiger charge is 2.34. The number of hydrogen-bond acceptors (Lipinski definition) is 3. The molecule has 1 N–H and O–H groups in total. The highest BCUT2D eigenvalue weighted by molar-refractivity contribution is 9.10. The molecule has 3 nitrogen and oxygen atoms in total. The minimum Gasteiger partial charge on any atom is -0.493 e. The predicted octanol–water partition coefficient (Wildman–Crippen LogP) is 3.69. The number of hydrogen-bond donors (Lipinski definition) is 1. The van der Waals surface area contributed by atoms with Crippen LogP contribution in [0.2, 0.25) is 0 Å². The van der Waals surface area contributed by atoms with Crippen molar-refractivity contribution in [1.82, 2.24) is 4.98 Å². The van der Waals surface area contributed by atoms with Crippen molar-refractivity contribution in [1.29, 1.82) is 0 Å². The van der Waals surface area contributed by atoms with Gasteiger partial charge in [0, 0.05) is 33.8 Å². The molecule has 0 bridgehead atoms. The van der Waals surface area contributed by atoms with E-state index in [-0.39, 0.29) is 11.8 Å². The van der Waals surface area contributed by atoms with E-state index in [9.17, 15) is 5.11 Å². The van der Waals surface area contributed by atoms with E-state index in [4.69, 9.17) is 4.74 Å². The summed E-state index contributed by atoms with van der Waals surface area (Å²) in [5.41, 5.74) is 1.84. The van der Waals surface area contributed by atoms with E-state index in [1.165, 1.54) is 0 Å². The third-order valence-corrected chi connectivity index (χ3v) is 4.42. The number of pyridine rings is 1. The Labute approximate surface area is 126 Å². The summed E-state index contributed by atoms with van der Waals surface area (Å²) in [6.45, 7) is 2.59. The SMILES string of the molecule is CC(c1ccccn1)[C@@H]1COc2cc(Br)ccc2[C@H]1O. The van der Waals surface area contributed by atoms with E-state index in [0.29, 0.717) is 6.61 Å². The van der Waals surface area contributed by atoms with Gasteiger partial charge in [0.25, 0.3) is 0 Å². The molecule has 20 heavy (non-hydrogen) atoms. The van der Waals surface area contributed by atoms with E-state index in [1.807, 2.05) is 36.4 Å². The second-order valence-electron chi connectivity index (χ2n) is 5.15. The number of rotatable bonds is 2. The van der Waals surface area contributed by atoms with Gasteiger partial charge in [0.2, 0.25) is 0 Å². The monoisotopic (exact) mass is 333 g/mol. The highest BCUT2D eigenvalue weighted by atomic mass is 79.9. The quantitative estimate of drug-likeness (QED) is 0.911. The van der Waals surface area contributed by atoms with Crippen LogP contribution in [0.3, 0.4) is 0 Å². The highest BCUT2D eigenvalue weighted by Crippen LogP contribution is 2.42. The van der Waals surface area contributed by atoms with Crippen molar-refractivity contribution in [3.05, 3.63) is 58.3 Å². The Hall–Kier alpha value is -1.39. The summed E-state index contributed by atoms with van der Waals surface area (Å²) in [5, 5.41) is 10.6. The van der Waals surface area contributed by atoms with Crippen LogP contribution in [0.1, 0.15) is 30.2 Å². The lowest BCUT2D eigenvalue weighted by molar-refractivity contribution is 0.0378. The number of aromatic nitrogens is 1. The van der Waals surface area contributed by atoms with Crippen LogP contribution in [-0.2, 0) is 0 Å². The summed E-state index contributed by atoms with van der Waals surface area (Å²) in [7, 11) is 0. The van der Waals surface area contributed by atoms with E-state index in [0.717, 1.165) is 21.5 Å². The Morgan fingerprint density at radius 2 is 2.20 bits per heavy atom. The minimum atomic E-state index is -0.524. The van der Waals surface area contributed by atoms with Crippen LogP contribution < -0.4 is 4.74 Å². The Bertz CT molecular complexity index is 603. The van der Waals surface area contributed by atoms with Gasteiger partial charge in [-0.3, -0.25) is 4.98 Å². The molecular weight excluding hydrogens is 318 g/mol. The Kier molecular flexibility index (Phi) is 3.76. The lowest BCUT2D eigenvalue weighted by Crippen LogP contribution is -2.30. The van der Waals surface area contributed by atoms with E-state index < -0.39 is 6.10 Å². The maximum absolute atomic E-state index is 10.6. The first-order chi connectivity index (χ1) is 9.66. The Balaban J connectivity index is 1.88. The fourth-order valence-electron chi connectivity index (χ4n) is 2.67. The van der Waals surface area contributed by atoms with E-state index in [1.54, 1.807) is 6.20 Å². The molecule has 1 aromatic carbocycles. The number of ether oxygens (including phenoxy) is 1. The van der Waals surface area contributed by atoms with Crippen molar-refractivity contribution in [2.45, 2.75) is 18.9 Å². The zero-order valence-corrected chi connectivity index (χ0v) is 12.7. The van der Waals surface area contributed by atoms with Crippen molar-refractivity contribution in [2.75, 3.05) is 6.61 Å². The fourth-order valence-corrected chi connectivity index (χ4v) is 3.01. The molecule has 0 fully saturated rings. The van der Waals surface area contributed by atoms with Gasteiger partial charge in [0.15, 0.2) is 0 Å². The minimum absolute atomic E-state index is 0.0126. The van der Waals surface area contributed by atoms with E-state index in [2.05, 4.69) is 27.8 Å². The third kappa shape index (κ3) is 2.45. The normalized spacial score (nSPS) is 22.8. The first kappa shape index (κ1) is 13.6. The van der Waals surface area contributed by atoms with Crippen molar-refractivity contribution in [2.24, 2.45) is 5.92 Å². The average Bonchev–Trinajstić information content (AvgIpc) is 2.48. The van der Waals surface area contributed by atoms with Crippen LogP contribution in [0.15, 0.2) is 47.1 Å². The Morgan fingerprint density at radius 1 is 1.35 bits per heavy atom. The summed E-state index contributed by atoms with van der Waals surface area (Å²) < 4.78 is 6.77. The van der Waals surface area contributed by atoms with Gasteiger partial charge in [-0.2, -0.15) is 0 Å². The molecule has 0 spiro atoms.